The lowest BCUT2D eigenvalue weighted by molar-refractivity contribution is -0.140. The van der Waals surface area contributed by atoms with Crippen molar-refractivity contribution in [3.63, 3.8) is 0 Å². The molecule has 0 heterocycles. The molecule has 1 atom stereocenters. The summed E-state index contributed by atoms with van der Waals surface area (Å²) >= 11 is 17.1. The van der Waals surface area contributed by atoms with Gasteiger partial charge in [0.05, 0.1) is 26.2 Å². The van der Waals surface area contributed by atoms with E-state index in [4.69, 9.17) is 34.8 Å². The Morgan fingerprint density at radius 2 is 1.46 bits per heavy atom. The highest BCUT2D eigenvalue weighted by Crippen LogP contribution is 2.42. The molecular weight excluding hydrogens is 567 g/mol. The summed E-state index contributed by atoms with van der Waals surface area (Å²) in [7, 11) is 0. The monoisotopic (exact) mass is 575 g/mol. The SMILES string of the molecule is O=C(NCC(F)(F)F)c1ccc(/C(F)=C/C(c2cc(Cl)c(Cl)c(Cl)c2)C(F)(F)F)cc1C(F)(F)F. The molecule has 0 aromatic heterocycles. The van der Waals surface area contributed by atoms with Crippen molar-refractivity contribution >= 4 is 46.5 Å². The van der Waals surface area contributed by atoms with E-state index in [9.17, 15) is 48.7 Å². The Hall–Kier alpha value is -2.18. The molecule has 35 heavy (non-hydrogen) atoms. The van der Waals surface area contributed by atoms with Crippen molar-refractivity contribution in [3.8, 4) is 0 Å². The molecule has 0 bridgehead atoms. The van der Waals surface area contributed by atoms with Crippen LogP contribution in [0.2, 0.25) is 15.1 Å². The first kappa shape index (κ1) is 29.1. The van der Waals surface area contributed by atoms with Crippen LogP contribution in [-0.2, 0) is 6.18 Å². The van der Waals surface area contributed by atoms with Gasteiger partial charge in [0.1, 0.15) is 18.3 Å². The number of amides is 1. The largest absolute Gasteiger partial charge is 0.417 e. The molecule has 0 aliphatic rings. The lowest BCUT2D eigenvalue weighted by Gasteiger charge is -2.19. The second kappa shape index (κ2) is 10.4. The summed E-state index contributed by atoms with van der Waals surface area (Å²) in [5.74, 6) is -6.27. The fraction of sp³-hybridized carbons (Fsp3) is 0.250. The van der Waals surface area contributed by atoms with Gasteiger partial charge in [0.15, 0.2) is 0 Å². The van der Waals surface area contributed by atoms with E-state index in [0.29, 0.717) is 12.1 Å². The molecule has 1 N–H and O–H groups in total. The van der Waals surface area contributed by atoms with Crippen LogP contribution in [0, 0.1) is 0 Å². The van der Waals surface area contributed by atoms with Gasteiger partial charge < -0.3 is 5.32 Å². The maximum Gasteiger partial charge on any atom is 0.417 e. The van der Waals surface area contributed by atoms with Crippen molar-refractivity contribution in [1.82, 2.24) is 5.32 Å². The van der Waals surface area contributed by atoms with Gasteiger partial charge in [-0.15, -0.1) is 0 Å². The Kier molecular flexibility index (Phi) is 8.66. The third-order valence-corrected chi connectivity index (χ3v) is 5.52. The molecule has 2 aromatic carbocycles. The minimum atomic E-state index is -5.36. The number of nitrogens with one attached hydrogen (secondary N) is 1. The zero-order chi connectivity index (χ0) is 26.9. The van der Waals surface area contributed by atoms with Crippen LogP contribution in [0.15, 0.2) is 36.4 Å². The first-order valence-electron chi connectivity index (χ1n) is 8.96. The molecule has 2 aromatic rings. The second-order valence-electron chi connectivity index (χ2n) is 6.89. The summed E-state index contributed by atoms with van der Waals surface area (Å²) in [6, 6.07) is 2.35. The number of allylic oxidation sites excluding steroid dienone is 1. The average molecular weight is 577 g/mol. The number of rotatable bonds is 5. The molecule has 0 saturated carbocycles. The van der Waals surface area contributed by atoms with Crippen LogP contribution >= 0.6 is 34.8 Å². The third-order valence-electron chi connectivity index (χ3n) is 4.33. The van der Waals surface area contributed by atoms with Crippen LogP contribution in [0.25, 0.3) is 5.83 Å². The van der Waals surface area contributed by atoms with Crippen LogP contribution in [0.4, 0.5) is 43.9 Å². The van der Waals surface area contributed by atoms with E-state index in [1.807, 2.05) is 0 Å². The third kappa shape index (κ3) is 7.65. The first-order chi connectivity index (χ1) is 15.8. The molecule has 2 rings (SSSR count). The van der Waals surface area contributed by atoms with Crippen molar-refractivity contribution in [2.24, 2.45) is 0 Å². The van der Waals surface area contributed by atoms with E-state index in [-0.39, 0.29) is 17.2 Å². The Balaban J connectivity index is 2.55. The highest BCUT2D eigenvalue weighted by molar-refractivity contribution is 6.48. The van der Waals surface area contributed by atoms with Crippen LogP contribution in [0.5, 0.6) is 0 Å². The summed E-state index contributed by atoms with van der Waals surface area (Å²) in [5, 5.41) is 0.156. The molecular formula is C20H10Cl3F10NO. The molecule has 0 saturated heterocycles. The molecule has 0 aliphatic carbocycles. The fourth-order valence-corrected chi connectivity index (χ4v) is 3.39. The summed E-state index contributed by atoms with van der Waals surface area (Å²) in [6.07, 6.45) is -15.5. The minimum absolute atomic E-state index is 0.00356. The van der Waals surface area contributed by atoms with Gasteiger partial charge in [-0.05, 0) is 35.9 Å². The number of hydrogen-bond donors (Lipinski definition) is 1. The molecule has 1 amide bonds. The zero-order valence-electron chi connectivity index (χ0n) is 16.6. The lowest BCUT2D eigenvalue weighted by atomic mass is 9.95. The summed E-state index contributed by atoms with van der Waals surface area (Å²) < 4.78 is 133. The molecule has 192 valence electrons. The van der Waals surface area contributed by atoms with Gasteiger partial charge in [-0.1, -0.05) is 40.9 Å². The molecule has 2 nitrogen and oxygen atoms in total. The van der Waals surface area contributed by atoms with E-state index in [0.717, 1.165) is 12.1 Å². The van der Waals surface area contributed by atoms with E-state index in [1.165, 1.54) is 5.32 Å². The van der Waals surface area contributed by atoms with Crippen molar-refractivity contribution < 1.29 is 48.7 Å². The van der Waals surface area contributed by atoms with Gasteiger partial charge in [-0.25, -0.2) is 4.39 Å². The molecule has 0 fully saturated rings. The normalized spacial score (nSPS) is 14.1. The quantitative estimate of drug-likeness (QED) is 0.280. The van der Waals surface area contributed by atoms with Crippen LogP contribution in [0.3, 0.4) is 0 Å². The average Bonchev–Trinajstić information content (AvgIpc) is 2.71. The standard InChI is InChI=1S/C20H10Cl3F10NO/c21-13-4-9(5-14(22)16(13)23)11(19(28,29)30)6-15(24)8-1-2-10(12(3-8)20(31,32)33)17(35)34-7-18(25,26)27/h1-6,11H,7H2,(H,34,35)/b15-6-. The fourth-order valence-electron chi connectivity index (χ4n) is 2.78. The zero-order valence-corrected chi connectivity index (χ0v) is 18.8. The number of benzene rings is 2. The van der Waals surface area contributed by atoms with Crippen LogP contribution in [-0.4, -0.2) is 24.8 Å². The van der Waals surface area contributed by atoms with Gasteiger partial charge in [0.25, 0.3) is 5.91 Å². The number of halogens is 13. The van der Waals surface area contributed by atoms with Crippen molar-refractivity contribution in [2.75, 3.05) is 6.54 Å². The van der Waals surface area contributed by atoms with Crippen LogP contribution < -0.4 is 5.32 Å². The molecule has 1 unspecified atom stereocenters. The van der Waals surface area contributed by atoms with Gasteiger partial charge >= 0.3 is 18.5 Å². The van der Waals surface area contributed by atoms with Crippen molar-refractivity contribution in [3.05, 3.63) is 73.7 Å². The predicted molar refractivity (Wildman–Crippen MR) is 109 cm³/mol. The molecule has 0 spiro atoms. The second-order valence-corrected chi connectivity index (χ2v) is 8.08. The van der Waals surface area contributed by atoms with Gasteiger partial charge in [-0.2, -0.15) is 39.5 Å². The van der Waals surface area contributed by atoms with Crippen molar-refractivity contribution in [1.29, 1.82) is 0 Å². The number of carbonyl (C=O) groups is 1. The minimum Gasteiger partial charge on any atom is -0.343 e. The Bertz CT molecular complexity index is 1120. The van der Waals surface area contributed by atoms with Gasteiger partial charge in [0.2, 0.25) is 0 Å². The maximum atomic E-state index is 14.7. The number of alkyl halides is 9. The number of carbonyl (C=O) groups excluding carboxylic acids is 1. The predicted octanol–water partition coefficient (Wildman–Crippen LogP) is 8.61. The molecule has 0 radical (unpaired) electrons. The number of hydrogen-bond acceptors (Lipinski definition) is 1. The molecule has 0 aliphatic heterocycles. The van der Waals surface area contributed by atoms with E-state index in [1.54, 1.807) is 0 Å². The highest BCUT2D eigenvalue weighted by atomic mass is 35.5. The lowest BCUT2D eigenvalue weighted by Crippen LogP contribution is -2.34. The summed E-state index contributed by atoms with van der Waals surface area (Å²) in [6.45, 7) is -1.95. The maximum absolute atomic E-state index is 14.7. The van der Waals surface area contributed by atoms with E-state index >= 15 is 0 Å². The Labute approximate surface area is 205 Å². The smallest absolute Gasteiger partial charge is 0.343 e. The highest BCUT2D eigenvalue weighted by Gasteiger charge is 2.41. The van der Waals surface area contributed by atoms with Gasteiger partial charge in [-0.3, -0.25) is 4.79 Å². The van der Waals surface area contributed by atoms with E-state index < -0.39 is 75.0 Å². The van der Waals surface area contributed by atoms with Gasteiger partial charge in [0, 0.05) is 5.56 Å². The first-order valence-corrected chi connectivity index (χ1v) is 10.1. The topological polar surface area (TPSA) is 29.1 Å². The summed E-state index contributed by atoms with van der Waals surface area (Å²) in [4.78, 5) is 11.8. The Morgan fingerprint density at radius 1 is 0.914 bits per heavy atom. The Morgan fingerprint density at radius 3 is 1.91 bits per heavy atom. The van der Waals surface area contributed by atoms with E-state index in [2.05, 4.69) is 0 Å². The summed E-state index contributed by atoms with van der Waals surface area (Å²) in [5.41, 5.74) is -4.85. The molecule has 15 heteroatoms. The van der Waals surface area contributed by atoms with Crippen molar-refractivity contribution in [2.45, 2.75) is 24.4 Å². The van der Waals surface area contributed by atoms with Crippen LogP contribution in [0.1, 0.15) is 33.0 Å².